The number of furan rings is 1. The predicted octanol–water partition coefficient (Wildman–Crippen LogP) is 1.89. The minimum absolute atomic E-state index is 0.316. The molecule has 0 aromatic carbocycles. The lowest BCUT2D eigenvalue weighted by Gasteiger charge is -2.13. The van der Waals surface area contributed by atoms with Gasteiger partial charge in [-0.3, -0.25) is 0 Å². The molecular weight excluding hydrogens is 246 g/mol. The second-order valence-electron chi connectivity index (χ2n) is 4.93. The van der Waals surface area contributed by atoms with Crippen LogP contribution >= 0.6 is 0 Å². The van der Waals surface area contributed by atoms with Crippen LogP contribution in [0.3, 0.4) is 0 Å². The van der Waals surface area contributed by atoms with Gasteiger partial charge in [0.25, 0.3) is 0 Å². The number of hydrogen-bond acceptors (Lipinski definition) is 5. The molecule has 1 aliphatic rings. The Labute approximate surface area is 113 Å². The van der Waals surface area contributed by atoms with Gasteiger partial charge in [-0.15, -0.1) is 0 Å². The van der Waals surface area contributed by atoms with Crippen LogP contribution in [0, 0.1) is 12.8 Å². The summed E-state index contributed by atoms with van der Waals surface area (Å²) >= 11 is 0. The Morgan fingerprint density at radius 3 is 3.00 bits per heavy atom. The van der Waals surface area contributed by atoms with E-state index in [2.05, 4.69) is 12.2 Å². The Morgan fingerprint density at radius 2 is 2.37 bits per heavy atom. The summed E-state index contributed by atoms with van der Waals surface area (Å²) in [6, 6.07) is 1.74. The van der Waals surface area contributed by atoms with Gasteiger partial charge in [0.15, 0.2) is 0 Å². The van der Waals surface area contributed by atoms with Crippen LogP contribution in [0.25, 0.3) is 0 Å². The van der Waals surface area contributed by atoms with Gasteiger partial charge < -0.3 is 19.2 Å². The SMILES string of the molecule is COC(=O)c1cc(CNCC2CCOC2C)oc1C. The van der Waals surface area contributed by atoms with E-state index in [1.807, 2.05) is 0 Å². The number of methoxy groups -OCH3 is 1. The van der Waals surface area contributed by atoms with E-state index < -0.39 is 0 Å². The number of esters is 1. The summed E-state index contributed by atoms with van der Waals surface area (Å²) in [7, 11) is 1.37. The first-order chi connectivity index (χ1) is 9.11. The Balaban J connectivity index is 1.84. The van der Waals surface area contributed by atoms with Crippen molar-refractivity contribution in [2.24, 2.45) is 5.92 Å². The summed E-state index contributed by atoms with van der Waals surface area (Å²) in [5.41, 5.74) is 0.497. The second-order valence-corrected chi connectivity index (χ2v) is 4.93. The van der Waals surface area contributed by atoms with Gasteiger partial charge in [-0.25, -0.2) is 4.79 Å². The summed E-state index contributed by atoms with van der Waals surface area (Å²) < 4.78 is 15.7. The van der Waals surface area contributed by atoms with Crippen LogP contribution in [0.2, 0.25) is 0 Å². The predicted molar refractivity (Wildman–Crippen MR) is 70.0 cm³/mol. The molecule has 5 heteroatoms. The molecule has 2 rings (SSSR count). The molecule has 0 saturated carbocycles. The van der Waals surface area contributed by atoms with Gasteiger partial charge in [0.05, 0.1) is 19.8 Å². The molecule has 0 bridgehead atoms. The Kier molecular flexibility index (Phi) is 4.61. The average Bonchev–Trinajstić information content (AvgIpc) is 2.96. The lowest BCUT2D eigenvalue weighted by Crippen LogP contribution is -2.26. The molecule has 0 aliphatic carbocycles. The van der Waals surface area contributed by atoms with Crippen molar-refractivity contribution < 1.29 is 18.7 Å². The molecule has 1 N–H and O–H groups in total. The fourth-order valence-corrected chi connectivity index (χ4v) is 2.37. The molecule has 106 valence electrons. The highest BCUT2D eigenvalue weighted by Crippen LogP contribution is 2.20. The maximum Gasteiger partial charge on any atom is 0.341 e. The highest BCUT2D eigenvalue weighted by molar-refractivity contribution is 5.90. The Hall–Kier alpha value is -1.33. The second kappa shape index (κ2) is 6.21. The minimum atomic E-state index is -0.356. The molecule has 1 saturated heterocycles. The zero-order chi connectivity index (χ0) is 13.8. The molecule has 0 spiro atoms. The number of carbonyl (C=O) groups excluding carboxylic acids is 1. The normalized spacial score (nSPS) is 22.7. The van der Waals surface area contributed by atoms with Crippen LogP contribution in [-0.4, -0.2) is 32.3 Å². The van der Waals surface area contributed by atoms with E-state index in [1.54, 1.807) is 13.0 Å². The van der Waals surface area contributed by atoms with E-state index in [0.29, 0.717) is 29.9 Å². The van der Waals surface area contributed by atoms with Gasteiger partial charge in [0.2, 0.25) is 0 Å². The zero-order valence-corrected chi connectivity index (χ0v) is 11.7. The number of hydrogen-bond donors (Lipinski definition) is 1. The minimum Gasteiger partial charge on any atom is -0.465 e. The van der Waals surface area contributed by atoms with Crippen molar-refractivity contribution in [1.82, 2.24) is 5.32 Å². The molecule has 19 heavy (non-hydrogen) atoms. The Morgan fingerprint density at radius 1 is 1.58 bits per heavy atom. The van der Waals surface area contributed by atoms with Gasteiger partial charge in [-0.1, -0.05) is 0 Å². The third-order valence-electron chi connectivity index (χ3n) is 3.61. The molecule has 1 fully saturated rings. The van der Waals surface area contributed by atoms with Crippen molar-refractivity contribution in [3.05, 3.63) is 23.2 Å². The van der Waals surface area contributed by atoms with Gasteiger partial charge in [-0.2, -0.15) is 0 Å². The van der Waals surface area contributed by atoms with Crippen LogP contribution in [0.15, 0.2) is 10.5 Å². The summed E-state index contributed by atoms with van der Waals surface area (Å²) in [5, 5.41) is 3.35. The molecule has 5 nitrogen and oxygen atoms in total. The summed E-state index contributed by atoms with van der Waals surface area (Å²) in [5.74, 6) is 1.55. The van der Waals surface area contributed by atoms with E-state index in [1.165, 1.54) is 7.11 Å². The molecule has 2 heterocycles. The number of rotatable bonds is 5. The molecule has 1 aliphatic heterocycles. The highest BCUT2D eigenvalue weighted by Gasteiger charge is 2.23. The van der Waals surface area contributed by atoms with Crippen LogP contribution in [0.4, 0.5) is 0 Å². The van der Waals surface area contributed by atoms with E-state index in [9.17, 15) is 4.79 Å². The first kappa shape index (κ1) is 14.1. The molecular formula is C14H21NO4. The Bertz CT molecular complexity index is 441. The fourth-order valence-electron chi connectivity index (χ4n) is 2.37. The number of carbonyl (C=O) groups is 1. The summed E-state index contributed by atoms with van der Waals surface area (Å²) in [4.78, 5) is 11.5. The third kappa shape index (κ3) is 3.36. The van der Waals surface area contributed by atoms with Crippen LogP contribution in [-0.2, 0) is 16.0 Å². The maximum absolute atomic E-state index is 11.5. The lowest BCUT2D eigenvalue weighted by atomic mass is 10.0. The maximum atomic E-state index is 11.5. The summed E-state index contributed by atoms with van der Waals surface area (Å²) in [6.07, 6.45) is 1.41. The monoisotopic (exact) mass is 267 g/mol. The number of nitrogens with one attached hydrogen (secondary N) is 1. The first-order valence-corrected chi connectivity index (χ1v) is 6.61. The van der Waals surface area contributed by atoms with Crippen molar-refractivity contribution in [3.63, 3.8) is 0 Å². The van der Waals surface area contributed by atoms with Crippen molar-refractivity contribution in [3.8, 4) is 0 Å². The van der Waals surface area contributed by atoms with E-state index in [0.717, 1.165) is 25.3 Å². The third-order valence-corrected chi connectivity index (χ3v) is 3.61. The molecule has 0 amide bonds. The fraction of sp³-hybridized carbons (Fsp3) is 0.643. The molecule has 1 aromatic heterocycles. The highest BCUT2D eigenvalue weighted by atomic mass is 16.5. The van der Waals surface area contributed by atoms with E-state index in [-0.39, 0.29) is 5.97 Å². The van der Waals surface area contributed by atoms with E-state index in [4.69, 9.17) is 13.9 Å². The largest absolute Gasteiger partial charge is 0.465 e. The van der Waals surface area contributed by atoms with Crippen molar-refractivity contribution >= 4 is 5.97 Å². The van der Waals surface area contributed by atoms with Gasteiger partial charge in [0, 0.05) is 13.2 Å². The smallest absolute Gasteiger partial charge is 0.341 e. The first-order valence-electron chi connectivity index (χ1n) is 6.61. The molecule has 1 aromatic rings. The van der Waals surface area contributed by atoms with Crippen molar-refractivity contribution in [2.45, 2.75) is 32.9 Å². The average molecular weight is 267 g/mol. The molecule has 2 unspecified atom stereocenters. The van der Waals surface area contributed by atoms with Crippen molar-refractivity contribution in [1.29, 1.82) is 0 Å². The number of aryl methyl sites for hydroxylation is 1. The summed E-state index contributed by atoms with van der Waals surface area (Å²) in [6.45, 7) is 6.23. The number of ether oxygens (including phenoxy) is 2. The van der Waals surface area contributed by atoms with Gasteiger partial charge in [0.1, 0.15) is 17.1 Å². The topological polar surface area (TPSA) is 60.7 Å². The van der Waals surface area contributed by atoms with Crippen LogP contribution in [0.5, 0.6) is 0 Å². The van der Waals surface area contributed by atoms with Gasteiger partial charge in [-0.05, 0) is 32.3 Å². The van der Waals surface area contributed by atoms with Crippen LogP contribution in [0.1, 0.15) is 35.2 Å². The lowest BCUT2D eigenvalue weighted by molar-refractivity contribution is 0.0599. The quantitative estimate of drug-likeness (QED) is 0.825. The van der Waals surface area contributed by atoms with Gasteiger partial charge >= 0.3 is 5.97 Å². The molecule has 0 radical (unpaired) electrons. The van der Waals surface area contributed by atoms with Crippen molar-refractivity contribution in [2.75, 3.05) is 20.3 Å². The zero-order valence-electron chi connectivity index (χ0n) is 11.7. The standard InChI is InChI=1S/C14H21NO4/c1-9-11(4-5-18-9)7-15-8-12-6-13(10(2)19-12)14(16)17-3/h6,9,11,15H,4-5,7-8H2,1-3H3. The van der Waals surface area contributed by atoms with E-state index >= 15 is 0 Å². The van der Waals surface area contributed by atoms with Crippen LogP contribution < -0.4 is 5.32 Å². The molecule has 2 atom stereocenters.